The van der Waals surface area contributed by atoms with Crippen molar-refractivity contribution >= 4 is 0 Å². The molecule has 1 rings (SSSR count). The van der Waals surface area contributed by atoms with Crippen molar-refractivity contribution in [1.29, 1.82) is 0 Å². The van der Waals surface area contributed by atoms with Crippen LogP contribution in [0.15, 0.2) is 24.3 Å². The number of ether oxygens (including phenoxy) is 1. The lowest BCUT2D eigenvalue weighted by Gasteiger charge is -2.13. The van der Waals surface area contributed by atoms with Crippen molar-refractivity contribution in [3.63, 3.8) is 0 Å². The maximum absolute atomic E-state index is 8.64. The number of hydrogen-bond acceptors (Lipinski definition) is 3. The molecular weight excluding hydrogens is 202 g/mol. The van der Waals surface area contributed by atoms with Gasteiger partial charge in [0.15, 0.2) is 0 Å². The Labute approximate surface area is 97.2 Å². The lowest BCUT2D eigenvalue weighted by atomic mass is 10.1. The summed E-state index contributed by atoms with van der Waals surface area (Å²) < 4.78 is 5.68. The van der Waals surface area contributed by atoms with Gasteiger partial charge < -0.3 is 15.6 Å². The van der Waals surface area contributed by atoms with Gasteiger partial charge in [-0.3, -0.25) is 0 Å². The molecule has 0 heterocycles. The molecule has 0 aromatic heterocycles. The zero-order valence-corrected chi connectivity index (χ0v) is 9.86. The molecule has 90 valence electrons. The molecule has 1 unspecified atom stereocenters. The van der Waals surface area contributed by atoms with Crippen LogP contribution in [-0.2, 0) is 0 Å². The van der Waals surface area contributed by atoms with Crippen molar-refractivity contribution in [2.45, 2.75) is 32.2 Å². The molecule has 0 saturated carbocycles. The Balaban J connectivity index is 2.41. The summed E-state index contributed by atoms with van der Waals surface area (Å²) in [7, 11) is 0. The Morgan fingerprint density at radius 2 is 2.00 bits per heavy atom. The van der Waals surface area contributed by atoms with E-state index in [4.69, 9.17) is 15.6 Å². The quantitative estimate of drug-likeness (QED) is 0.697. The predicted molar refractivity (Wildman–Crippen MR) is 65.5 cm³/mol. The minimum atomic E-state index is -0.00589. The first-order valence-electron chi connectivity index (χ1n) is 5.84. The highest BCUT2D eigenvalue weighted by atomic mass is 16.5. The fourth-order valence-corrected chi connectivity index (χ4v) is 1.56. The van der Waals surface area contributed by atoms with Gasteiger partial charge in [0.2, 0.25) is 0 Å². The number of hydrogen-bond donors (Lipinski definition) is 2. The van der Waals surface area contributed by atoms with Crippen molar-refractivity contribution in [3.8, 4) is 5.75 Å². The zero-order valence-electron chi connectivity index (χ0n) is 9.86. The number of benzene rings is 1. The smallest absolute Gasteiger partial charge is 0.124 e. The largest absolute Gasteiger partial charge is 0.493 e. The summed E-state index contributed by atoms with van der Waals surface area (Å²) >= 11 is 0. The Kier molecular flexibility index (Phi) is 5.90. The van der Waals surface area contributed by atoms with Crippen molar-refractivity contribution in [3.05, 3.63) is 29.8 Å². The molecule has 0 fully saturated rings. The maximum Gasteiger partial charge on any atom is 0.124 e. The van der Waals surface area contributed by atoms with Crippen LogP contribution < -0.4 is 10.5 Å². The van der Waals surface area contributed by atoms with Crippen LogP contribution in [0.2, 0.25) is 0 Å². The molecule has 1 aromatic carbocycles. The van der Waals surface area contributed by atoms with E-state index in [1.807, 2.05) is 31.2 Å². The Hall–Kier alpha value is -1.06. The van der Waals surface area contributed by atoms with Crippen LogP contribution in [0.3, 0.4) is 0 Å². The number of rotatable bonds is 7. The summed E-state index contributed by atoms with van der Waals surface area (Å²) in [5, 5.41) is 8.64. The van der Waals surface area contributed by atoms with E-state index in [2.05, 4.69) is 0 Å². The van der Waals surface area contributed by atoms with Crippen LogP contribution in [0.1, 0.15) is 37.8 Å². The maximum atomic E-state index is 8.64. The number of para-hydroxylation sites is 1. The molecule has 0 saturated heterocycles. The van der Waals surface area contributed by atoms with Crippen molar-refractivity contribution < 1.29 is 9.84 Å². The summed E-state index contributed by atoms with van der Waals surface area (Å²) in [5.74, 6) is 0.876. The molecule has 16 heavy (non-hydrogen) atoms. The van der Waals surface area contributed by atoms with Gasteiger partial charge in [-0.15, -0.1) is 0 Å². The molecule has 3 nitrogen and oxygen atoms in total. The van der Waals surface area contributed by atoms with E-state index < -0.39 is 0 Å². The van der Waals surface area contributed by atoms with Crippen molar-refractivity contribution in [2.75, 3.05) is 13.2 Å². The van der Waals surface area contributed by atoms with E-state index in [9.17, 15) is 0 Å². The van der Waals surface area contributed by atoms with Crippen molar-refractivity contribution in [2.24, 2.45) is 5.73 Å². The van der Waals surface area contributed by atoms with E-state index in [0.717, 1.165) is 30.6 Å². The molecule has 0 bridgehead atoms. The monoisotopic (exact) mass is 223 g/mol. The van der Waals surface area contributed by atoms with Gasteiger partial charge in [-0.1, -0.05) is 18.2 Å². The molecule has 0 aliphatic heterocycles. The summed E-state index contributed by atoms with van der Waals surface area (Å²) in [6.45, 7) is 2.90. The SMILES string of the molecule is CC(N)c1ccccc1OCCCCCO. The molecule has 0 aliphatic carbocycles. The Morgan fingerprint density at radius 3 is 2.69 bits per heavy atom. The first kappa shape index (κ1) is 13.0. The number of nitrogens with two attached hydrogens (primary N) is 1. The fraction of sp³-hybridized carbons (Fsp3) is 0.538. The van der Waals surface area contributed by atoms with E-state index in [-0.39, 0.29) is 12.6 Å². The van der Waals surface area contributed by atoms with E-state index in [1.54, 1.807) is 0 Å². The predicted octanol–water partition coefficient (Wildman–Crippen LogP) is 2.25. The molecule has 1 atom stereocenters. The van der Waals surface area contributed by atoms with Gasteiger partial charge in [0.1, 0.15) is 5.75 Å². The van der Waals surface area contributed by atoms with Crippen LogP contribution in [-0.4, -0.2) is 18.3 Å². The second kappa shape index (κ2) is 7.25. The van der Waals surface area contributed by atoms with Gasteiger partial charge in [0, 0.05) is 18.2 Å². The Morgan fingerprint density at radius 1 is 1.25 bits per heavy atom. The molecule has 3 heteroatoms. The average Bonchev–Trinajstić information content (AvgIpc) is 2.29. The normalized spacial score (nSPS) is 12.4. The third-order valence-corrected chi connectivity index (χ3v) is 2.47. The lowest BCUT2D eigenvalue weighted by Crippen LogP contribution is -2.08. The summed E-state index contributed by atoms with van der Waals surface area (Å²) in [4.78, 5) is 0. The highest BCUT2D eigenvalue weighted by molar-refractivity contribution is 5.35. The average molecular weight is 223 g/mol. The standard InChI is InChI=1S/C13H21NO2/c1-11(14)12-7-3-4-8-13(12)16-10-6-2-5-9-15/h3-4,7-8,11,15H,2,5-6,9-10,14H2,1H3. The van der Waals surface area contributed by atoms with Crippen LogP contribution in [0.4, 0.5) is 0 Å². The Bertz CT molecular complexity index is 300. The minimum Gasteiger partial charge on any atom is -0.493 e. The summed E-state index contributed by atoms with van der Waals surface area (Å²) in [6.07, 6.45) is 2.81. The summed E-state index contributed by atoms with van der Waals surface area (Å²) in [6, 6.07) is 7.86. The highest BCUT2D eigenvalue weighted by Crippen LogP contribution is 2.23. The number of aliphatic hydroxyl groups is 1. The minimum absolute atomic E-state index is 0.00589. The van der Waals surface area contributed by atoms with E-state index in [0.29, 0.717) is 6.61 Å². The molecular formula is C13H21NO2. The van der Waals surface area contributed by atoms with Gasteiger partial charge >= 0.3 is 0 Å². The molecule has 0 aliphatic rings. The zero-order chi connectivity index (χ0) is 11.8. The van der Waals surface area contributed by atoms with Gasteiger partial charge in [-0.2, -0.15) is 0 Å². The summed E-state index contributed by atoms with van der Waals surface area (Å²) in [5.41, 5.74) is 6.90. The van der Waals surface area contributed by atoms with Crippen LogP contribution in [0, 0.1) is 0 Å². The van der Waals surface area contributed by atoms with Gasteiger partial charge in [0.25, 0.3) is 0 Å². The first-order valence-corrected chi connectivity index (χ1v) is 5.84. The fourth-order valence-electron chi connectivity index (χ4n) is 1.56. The topological polar surface area (TPSA) is 55.5 Å². The molecule has 1 aromatic rings. The highest BCUT2D eigenvalue weighted by Gasteiger charge is 2.06. The molecule has 0 radical (unpaired) electrons. The van der Waals surface area contributed by atoms with Crippen LogP contribution in [0.25, 0.3) is 0 Å². The van der Waals surface area contributed by atoms with Gasteiger partial charge in [-0.25, -0.2) is 0 Å². The first-order chi connectivity index (χ1) is 7.75. The van der Waals surface area contributed by atoms with Crippen LogP contribution in [0.5, 0.6) is 5.75 Å². The van der Waals surface area contributed by atoms with Crippen molar-refractivity contribution in [1.82, 2.24) is 0 Å². The second-order valence-electron chi connectivity index (χ2n) is 3.96. The molecule has 0 amide bonds. The lowest BCUT2D eigenvalue weighted by molar-refractivity contribution is 0.265. The molecule has 0 spiro atoms. The van der Waals surface area contributed by atoms with Crippen LogP contribution >= 0.6 is 0 Å². The second-order valence-corrected chi connectivity index (χ2v) is 3.96. The molecule has 3 N–H and O–H groups in total. The van der Waals surface area contributed by atoms with E-state index >= 15 is 0 Å². The number of unbranched alkanes of at least 4 members (excludes halogenated alkanes) is 2. The van der Waals surface area contributed by atoms with Gasteiger partial charge in [-0.05, 0) is 32.3 Å². The third-order valence-electron chi connectivity index (χ3n) is 2.47. The number of aliphatic hydroxyl groups excluding tert-OH is 1. The van der Waals surface area contributed by atoms with Gasteiger partial charge in [0.05, 0.1) is 6.61 Å². The van der Waals surface area contributed by atoms with E-state index in [1.165, 1.54) is 0 Å². The third kappa shape index (κ3) is 4.21.